The molecule has 0 aliphatic carbocycles. The Balaban J connectivity index is 4.83. The molecule has 0 aliphatic rings. The van der Waals surface area contributed by atoms with Crippen LogP contribution in [0.2, 0.25) is 0 Å². The van der Waals surface area contributed by atoms with Crippen molar-refractivity contribution in [2.75, 3.05) is 18.6 Å². The van der Waals surface area contributed by atoms with Gasteiger partial charge in [0.05, 0.1) is 6.54 Å². The van der Waals surface area contributed by atoms with Gasteiger partial charge in [0.15, 0.2) is 0 Å². The Morgan fingerprint density at radius 1 is 1.29 bits per heavy atom. The van der Waals surface area contributed by atoms with Gasteiger partial charge in [-0.3, -0.25) is 9.59 Å². The van der Waals surface area contributed by atoms with E-state index in [1.54, 1.807) is 6.92 Å². The van der Waals surface area contributed by atoms with Crippen molar-refractivity contribution in [1.29, 1.82) is 0 Å². The van der Waals surface area contributed by atoms with Crippen LogP contribution in [0.15, 0.2) is 0 Å². The van der Waals surface area contributed by atoms with Crippen LogP contribution in [0, 0.1) is 5.92 Å². The van der Waals surface area contributed by atoms with Crippen molar-refractivity contribution >= 4 is 29.5 Å². The molecular weight excluding hydrogens is 294 g/mol. The largest absolute Gasteiger partial charge is 0.480 e. The maximum Gasteiger partial charge on any atom is 0.326 e. The predicted octanol–water partition coefficient (Wildman–Crippen LogP) is -0.201. The zero-order chi connectivity index (χ0) is 16.4. The third-order valence-electron chi connectivity index (χ3n) is 3.22. The fourth-order valence-electron chi connectivity index (χ4n) is 1.69. The summed E-state index contributed by atoms with van der Waals surface area (Å²) in [6, 6.07) is -1.73. The number of hydrogen-bond acceptors (Lipinski definition) is 5. The van der Waals surface area contributed by atoms with E-state index in [-0.39, 0.29) is 12.5 Å². The predicted molar refractivity (Wildman–Crippen MR) is 83.0 cm³/mol. The summed E-state index contributed by atoms with van der Waals surface area (Å²) in [5.41, 5.74) is 5.23. The average molecular weight is 319 g/mol. The van der Waals surface area contributed by atoms with Crippen molar-refractivity contribution in [2.24, 2.45) is 11.7 Å². The van der Waals surface area contributed by atoms with Gasteiger partial charge >= 0.3 is 5.97 Å². The van der Waals surface area contributed by atoms with Crippen LogP contribution < -0.4 is 16.4 Å². The standard InChI is InChI=1S/C13H25N3O4S/c1-4-8(2)11(13(19)20)16-12(18)9(5-6-21-3)15-10(17)7-14/h8-9,11H,4-7,14H2,1-3H3,(H,15,17)(H,16,18)(H,19,20)/t8-,9-,11-/m0/s1. The maximum atomic E-state index is 12.2. The molecule has 0 aromatic carbocycles. The molecule has 7 nitrogen and oxygen atoms in total. The molecular formula is C13H25N3O4S. The van der Waals surface area contributed by atoms with Crippen molar-refractivity contribution in [3.05, 3.63) is 0 Å². The molecule has 0 aliphatic heterocycles. The normalized spacial score (nSPS) is 14.9. The lowest BCUT2D eigenvalue weighted by Crippen LogP contribution is -2.54. The van der Waals surface area contributed by atoms with Gasteiger partial charge in [-0.1, -0.05) is 20.3 Å². The van der Waals surface area contributed by atoms with E-state index < -0.39 is 29.9 Å². The first kappa shape index (κ1) is 19.7. The lowest BCUT2D eigenvalue weighted by molar-refractivity contribution is -0.143. The van der Waals surface area contributed by atoms with Crippen LogP contribution in [0.4, 0.5) is 0 Å². The number of rotatable bonds is 10. The molecule has 122 valence electrons. The number of nitrogens with one attached hydrogen (secondary N) is 2. The van der Waals surface area contributed by atoms with E-state index in [1.165, 1.54) is 11.8 Å². The van der Waals surface area contributed by atoms with Crippen LogP contribution in [0.5, 0.6) is 0 Å². The van der Waals surface area contributed by atoms with Gasteiger partial charge in [0.1, 0.15) is 12.1 Å². The molecule has 0 aromatic rings. The zero-order valence-electron chi connectivity index (χ0n) is 12.7. The monoisotopic (exact) mass is 319 g/mol. The Bertz CT molecular complexity index is 365. The van der Waals surface area contributed by atoms with Gasteiger partial charge in [-0.05, 0) is 24.3 Å². The first-order chi connectivity index (χ1) is 9.87. The Hall–Kier alpha value is -1.28. The second kappa shape index (κ2) is 10.4. The fraction of sp³-hybridized carbons (Fsp3) is 0.769. The van der Waals surface area contributed by atoms with Crippen LogP contribution in [-0.4, -0.2) is 53.5 Å². The maximum absolute atomic E-state index is 12.2. The number of thioether (sulfide) groups is 1. The highest BCUT2D eigenvalue weighted by atomic mass is 32.2. The number of carbonyl (C=O) groups is 3. The Kier molecular flexibility index (Phi) is 9.81. The number of carbonyl (C=O) groups excluding carboxylic acids is 2. The first-order valence-electron chi connectivity index (χ1n) is 6.88. The highest BCUT2D eigenvalue weighted by Gasteiger charge is 2.29. The molecule has 8 heteroatoms. The van der Waals surface area contributed by atoms with E-state index in [1.807, 2.05) is 13.2 Å². The molecule has 21 heavy (non-hydrogen) atoms. The first-order valence-corrected chi connectivity index (χ1v) is 8.28. The second-order valence-corrected chi connectivity index (χ2v) is 5.80. The van der Waals surface area contributed by atoms with Crippen LogP contribution >= 0.6 is 11.8 Å². The summed E-state index contributed by atoms with van der Waals surface area (Å²) in [6.07, 6.45) is 2.94. The highest BCUT2D eigenvalue weighted by molar-refractivity contribution is 7.98. The third kappa shape index (κ3) is 7.33. The van der Waals surface area contributed by atoms with Gasteiger partial charge in [-0.15, -0.1) is 0 Å². The van der Waals surface area contributed by atoms with E-state index in [2.05, 4.69) is 10.6 Å². The zero-order valence-corrected chi connectivity index (χ0v) is 13.5. The molecule has 2 amide bonds. The van der Waals surface area contributed by atoms with Crippen LogP contribution in [0.1, 0.15) is 26.7 Å². The van der Waals surface area contributed by atoms with Gasteiger partial charge in [0, 0.05) is 0 Å². The van der Waals surface area contributed by atoms with E-state index >= 15 is 0 Å². The van der Waals surface area contributed by atoms with Gasteiger partial charge in [-0.2, -0.15) is 11.8 Å². The van der Waals surface area contributed by atoms with Gasteiger partial charge < -0.3 is 21.5 Å². The molecule has 0 aromatic heterocycles. The summed E-state index contributed by atoms with van der Waals surface area (Å²) in [7, 11) is 0. The minimum absolute atomic E-state index is 0.196. The molecule has 0 radical (unpaired) electrons. The van der Waals surface area contributed by atoms with Crippen molar-refractivity contribution in [1.82, 2.24) is 10.6 Å². The fourth-order valence-corrected chi connectivity index (χ4v) is 2.17. The van der Waals surface area contributed by atoms with Crippen LogP contribution in [0.25, 0.3) is 0 Å². The van der Waals surface area contributed by atoms with E-state index in [4.69, 9.17) is 5.73 Å². The number of carboxylic acid groups (broad SMARTS) is 1. The molecule has 0 saturated carbocycles. The Labute approximate surface area is 129 Å². The quantitative estimate of drug-likeness (QED) is 0.442. The molecule has 0 saturated heterocycles. The lowest BCUT2D eigenvalue weighted by atomic mass is 9.99. The smallest absolute Gasteiger partial charge is 0.326 e. The number of carboxylic acids is 1. The summed E-state index contributed by atoms with van der Waals surface area (Å²) >= 11 is 1.54. The Morgan fingerprint density at radius 3 is 2.33 bits per heavy atom. The van der Waals surface area contributed by atoms with Gasteiger partial charge in [0.2, 0.25) is 11.8 Å². The van der Waals surface area contributed by atoms with E-state index in [0.717, 1.165) is 0 Å². The summed E-state index contributed by atoms with van der Waals surface area (Å²) < 4.78 is 0. The molecule has 5 N–H and O–H groups in total. The van der Waals surface area contributed by atoms with E-state index in [0.29, 0.717) is 18.6 Å². The summed E-state index contributed by atoms with van der Waals surface area (Å²) in [5, 5.41) is 14.2. The second-order valence-electron chi connectivity index (χ2n) is 4.82. The Morgan fingerprint density at radius 2 is 1.90 bits per heavy atom. The highest BCUT2D eigenvalue weighted by Crippen LogP contribution is 2.09. The van der Waals surface area contributed by atoms with Crippen LogP contribution in [-0.2, 0) is 14.4 Å². The van der Waals surface area contributed by atoms with Gasteiger partial charge in [-0.25, -0.2) is 4.79 Å². The molecule has 3 atom stereocenters. The summed E-state index contributed by atoms with van der Waals surface area (Å²) in [6.45, 7) is 3.40. The van der Waals surface area contributed by atoms with Crippen molar-refractivity contribution in [2.45, 2.75) is 38.8 Å². The SMILES string of the molecule is CC[C@H](C)[C@H](NC(=O)[C@H](CCSC)NC(=O)CN)C(=O)O. The lowest BCUT2D eigenvalue weighted by Gasteiger charge is -2.24. The molecule has 0 spiro atoms. The number of hydrogen-bond donors (Lipinski definition) is 4. The van der Waals surface area contributed by atoms with Gasteiger partial charge in [0.25, 0.3) is 0 Å². The number of amides is 2. The molecule has 0 bridgehead atoms. The average Bonchev–Trinajstić information content (AvgIpc) is 2.47. The number of nitrogens with two attached hydrogens (primary N) is 1. The molecule has 0 unspecified atom stereocenters. The number of aliphatic carboxylic acids is 1. The van der Waals surface area contributed by atoms with E-state index in [9.17, 15) is 19.5 Å². The van der Waals surface area contributed by atoms with Crippen molar-refractivity contribution in [3.8, 4) is 0 Å². The van der Waals surface area contributed by atoms with Crippen molar-refractivity contribution in [3.63, 3.8) is 0 Å². The third-order valence-corrected chi connectivity index (χ3v) is 3.87. The molecule has 0 rings (SSSR count). The van der Waals surface area contributed by atoms with Crippen molar-refractivity contribution < 1.29 is 19.5 Å². The molecule has 0 heterocycles. The minimum atomic E-state index is -1.08. The molecule has 0 fully saturated rings. The minimum Gasteiger partial charge on any atom is -0.480 e. The topological polar surface area (TPSA) is 122 Å². The summed E-state index contributed by atoms with van der Waals surface area (Å²) in [4.78, 5) is 34.8. The van der Waals surface area contributed by atoms with Crippen LogP contribution in [0.3, 0.4) is 0 Å². The summed E-state index contributed by atoms with van der Waals surface area (Å²) in [5.74, 6) is -1.53.